The SMILES string of the molecule is CCCCC1C(=O)N(c2ccccc2)N(c2ccccc2)C1=O.Nc1cccc2c1CN(C1CCC(=O)NC1=O)C2=O. The molecule has 10 nitrogen and oxygen atoms in total. The van der Waals surface area contributed by atoms with Gasteiger partial charge in [-0.1, -0.05) is 62.2 Å². The van der Waals surface area contributed by atoms with Crippen LogP contribution in [0.4, 0.5) is 17.1 Å². The third-order valence-electron chi connectivity index (χ3n) is 7.68. The number of nitrogens with zero attached hydrogens (tertiary/aromatic N) is 3. The number of benzene rings is 3. The summed E-state index contributed by atoms with van der Waals surface area (Å²) in [5.41, 5.74) is 9.15. The van der Waals surface area contributed by atoms with Crippen molar-refractivity contribution >= 4 is 46.6 Å². The summed E-state index contributed by atoms with van der Waals surface area (Å²) in [6.07, 6.45) is 3.05. The number of nitrogens with one attached hydrogen (secondary N) is 1. The van der Waals surface area contributed by atoms with Crippen LogP contribution in [-0.4, -0.2) is 40.5 Å². The lowest BCUT2D eigenvalue weighted by molar-refractivity contribution is -0.137. The summed E-state index contributed by atoms with van der Waals surface area (Å²) in [5.74, 6) is -1.76. The molecule has 3 aromatic carbocycles. The molecule has 3 N–H and O–H groups in total. The monoisotopic (exact) mass is 567 g/mol. The Hall–Kier alpha value is -4.99. The fourth-order valence-electron chi connectivity index (χ4n) is 5.49. The van der Waals surface area contributed by atoms with Crippen LogP contribution in [-0.2, 0) is 25.7 Å². The van der Waals surface area contributed by atoms with Crippen molar-refractivity contribution in [1.82, 2.24) is 10.2 Å². The van der Waals surface area contributed by atoms with Gasteiger partial charge in [-0.2, -0.15) is 0 Å². The van der Waals surface area contributed by atoms with Gasteiger partial charge in [0, 0.05) is 29.8 Å². The van der Waals surface area contributed by atoms with E-state index in [2.05, 4.69) is 12.2 Å². The van der Waals surface area contributed by atoms with Gasteiger partial charge < -0.3 is 10.6 Å². The highest BCUT2D eigenvalue weighted by atomic mass is 16.2. The fourth-order valence-corrected chi connectivity index (χ4v) is 5.49. The summed E-state index contributed by atoms with van der Waals surface area (Å²) >= 11 is 0. The number of carbonyl (C=O) groups excluding carboxylic acids is 5. The summed E-state index contributed by atoms with van der Waals surface area (Å²) in [5, 5.41) is 5.29. The molecule has 1 atom stereocenters. The molecule has 2 saturated heterocycles. The number of anilines is 3. The molecule has 10 heteroatoms. The maximum absolute atomic E-state index is 12.9. The van der Waals surface area contributed by atoms with E-state index in [1.165, 1.54) is 14.9 Å². The number of nitrogen functional groups attached to an aromatic ring is 1. The van der Waals surface area contributed by atoms with Crippen molar-refractivity contribution in [1.29, 1.82) is 0 Å². The number of imide groups is 1. The van der Waals surface area contributed by atoms with Gasteiger partial charge in [0.25, 0.3) is 17.7 Å². The Bertz CT molecular complexity index is 1450. The molecule has 0 spiro atoms. The maximum Gasteiger partial charge on any atom is 0.258 e. The van der Waals surface area contributed by atoms with E-state index in [1.807, 2.05) is 60.7 Å². The van der Waals surface area contributed by atoms with Crippen molar-refractivity contribution in [2.75, 3.05) is 15.8 Å². The highest BCUT2D eigenvalue weighted by Crippen LogP contribution is 2.34. The highest BCUT2D eigenvalue weighted by molar-refractivity contribution is 6.23. The van der Waals surface area contributed by atoms with Crippen molar-refractivity contribution in [2.24, 2.45) is 5.92 Å². The van der Waals surface area contributed by atoms with Crippen LogP contribution in [0.25, 0.3) is 0 Å². The average molecular weight is 568 g/mol. The first-order valence-corrected chi connectivity index (χ1v) is 14.1. The van der Waals surface area contributed by atoms with Crippen LogP contribution in [0.5, 0.6) is 0 Å². The van der Waals surface area contributed by atoms with Gasteiger partial charge in [-0.25, -0.2) is 10.0 Å². The van der Waals surface area contributed by atoms with Crippen molar-refractivity contribution in [3.63, 3.8) is 0 Å². The Morgan fingerprint density at radius 3 is 1.93 bits per heavy atom. The Kier molecular flexibility index (Phi) is 8.33. The number of para-hydroxylation sites is 2. The van der Waals surface area contributed by atoms with Gasteiger partial charge in [0.1, 0.15) is 12.0 Å². The van der Waals surface area contributed by atoms with E-state index in [4.69, 9.17) is 5.73 Å². The second kappa shape index (κ2) is 12.3. The third-order valence-corrected chi connectivity index (χ3v) is 7.68. The van der Waals surface area contributed by atoms with E-state index < -0.39 is 17.9 Å². The number of amides is 5. The Morgan fingerprint density at radius 1 is 0.810 bits per heavy atom. The lowest BCUT2D eigenvalue weighted by Crippen LogP contribution is -2.52. The van der Waals surface area contributed by atoms with Crippen molar-refractivity contribution in [3.8, 4) is 0 Å². The number of piperidine rings is 1. The number of rotatable bonds is 6. The molecule has 3 heterocycles. The van der Waals surface area contributed by atoms with Crippen molar-refractivity contribution in [3.05, 3.63) is 90.0 Å². The molecule has 0 saturated carbocycles. The normalized spacial score (nSPS) is 18.6. The van der Waals surface area contributed by atoms with E-state index in [0.717, 1.165) is 18.4 Å². The van der Waals surface area contributed by atoms with Crippen LogP contribution in [0.1, 0.15) is 54.9 Å². The fraction of sp³-hybridized carbons (Fsp3) is 0.281. The van der Waals surface area contributed by atoms with E-state index in [-0.39, 0.29) is 30.0 Å². The van der Waals surface area contributed by atoms with Crippen LogP contribution in [0.2, 0.25) is 0 Å². The van der Waals surface area contributed by atoms with E-state index in [1.54, 1.807) is 18.2 Å². The first-order chi connectivity index (χ1) is 20.3. The van der Waals surface area contributed by atoms with Gasteiger partial charge >= 0.3 is 0 Å². The molecular weight excluding hydrogens is 534 g/mol. The molecule has 3 aliphatic heterocycles. The summed E-state index contributed by atoms with van der Waals surface area (Å²) in [7, 11) is 0. The summed E-state index contributed by atoms with van der Waals surface area (Å²) in [4.78, 5) is 62.5. The number of carbonyl (C=O) groups is 5. The zero-order valence-electron chi connectivity index (χ0n) is 23.4. The van der Waals surface area contributed by atoms with Crippen LogP contribution in [0.3, 0.4) is 0 Å². The van der Waals surface area contributed by atoms with E-state index >= 15 is 0 Å². The zero-order chi connectivity index (χ0) is 29.8. The number of unbranched alkanes of at least 4 members (excludes halogenated alkanes) is 1. The topological polar surface area (TPSA) is 133 Å². The first-order valence-electron chi connectivity index (χ1n) is 14.1. The van der Waals surface area contributed by atoms with Gasteiger partial charge in [0.15, 0.2) is 0 Å². The quantitative estimate of drug-likeness (QED) is 0.264. The van der Waals surface area contributed by atoms with Gasteiger partial charge in [-0.3, -0.25) is 29.3 Å². The van der Waals surface area contributed by atoms with Gasteiger partial charge in [-0.05, 0) is 49.2 Å². The predicted octanol–water partition coefficient (Wildman–Crippen LogP) is 3.82. The molecule has 2 fully saturated rings. The zero-order valence-corrected chi connectivity index (χ0v) is 23.4. The lowest BCUT2D eigenvalue weighted by Gasteiger charge is -2.29. The number of hydrogen-bond donors (Lipinski definition) is 2. The van der Waals surface area contributed by atoms with Crippen molar-refractivity contribution in [2.45, 2.75) is 51.6 Å². The Labute approximate surface area is 244 Å². The number of hydrazine groups is 1. The van der Waals surface area contributed by atoms with Crippen molar-refractivity contribution < 1.29 is 24.0 Å². The molecule has 5 amide bonds. The average Bonchev–Trinajstić information content (AvgIpc) is 3.46. The molecule has 6 rings (SSSR count). The van der Waals surface area contributed by atoms with Gasteiger partial charge in [-0.15, -0.1) is 0 Å². The van der Waals surface area contributed by atoms with Gasteiger partial charge in [0.2, 0.25) is 11.8 Å². The number of fused-ring (bicyclic) bond motifs is 1. The number of nitrogens with two attached hydrogens (primary N) is 1. The molecule has 0 bridgehead atoms. The molecule has 0 radical (unpaired) electrons. The highest BCUT2D eigenvalue weighted by Gasteiger charge is 2.46. The summed E-state index contributed by atoms with van der Waals surface area (Å²) in [6, 6.07) is 23.3. The molecule has 3 aliphatic rings. The molecule has 1 unspecified atom stereocenters. The molecule has 42 heavy (non-hydrogen) atoms. The van der Waals surface area contributed by atoms with Crippen LogP contribution in [0.15, 0.2) is 78.9 Å². The Balaban J connectivity index is 0.000000171. The van der Waals surface area contributed by atoms with Crippen LogP contribution in [0, 0.1) is 5.92 Å². The lowest BCUT2D eigenvalue weighted by atomic mass is 10.0. The minimum absolute atomic E-state index is 0.140. The maximum atomic E-state index is 12.9. The minimum Gasteiger partial charge on any atom is -0.398 e. The molecule has 216 valence electrons. The largest absolute Gasteiger partial charge is 0.398 e. The first kappa shape index (κ1) is 28.5. The smallest absolute Gasteiger partial charge is 0.258 e. The summed E-state index contributed by atoms with van der Waals surface area (Å²) < 4.78 is 0. The number of hydrogen-bond acceptors (Lipinski definition) is 6. The second-order valence-corrected chi connectivity index (χ2v) is 10.4. The van der Waals surface area contributed by atoms with Gasteiger partial charge in [0.05, 0.1) is 11.4 Å². The van der Waals surface area contributed by atoms with E-state index in [0.29, 0.717) is 42.0 Å². The molecule has 3 aromatic rings. The predicted molar refractivity (Wildman–Crippen MR) is 158 cm³/mol. The minimum atomic E-state index is -0.588. The second-order valence-electron chi connectivity index (χ2n) is 10.4. The molecular formula is C32H33N5O5. The van der Waals surface area contributed by atoms with Crippen LogP contribution >= 0.6 is 0 Å². The van der Waals surface area contributed by atoms with Crippen LogP contribution < -0.4 is 21.1 Å². The Morgan fingerprint density at radius 2 is 1.40 bits per heavy atom. The standard InChI is InChI=1S/C19H20N2O2.C13H13N3O3/c1-2-3-14-17-18(22)20(15-10-6-4-7-11-15)21(19(17)23)16-12-8-5-9-13-16;14-9-3-1-2-7-8(9)6-16(13(7)19)10-4-5-11(17)15-12(10)18/h4-13,17H,2-3,14H2,1H3;1-3,10H,4-6,14H2,(H,15,17,18). The summed E-state index contributed by atoms with van der Waals surface area (Å²) in [6.45, 7) is 2.39. The molecule has 0 aliphatic carbocycles. The third kappa shape index (κ3) is 5.47. The molecule has 0 aromatic heterocycles. The van der Waals surface area contributed by atoms with E-state index in [9.17, 15) is 24.0 Å².